The van der Waals surface area contributed by atoms with E-state index in [1.54, 1.807) is 4.68 Å². The fraction of sp³-hybridized carbons (Fsp3) is 0.304. The van der Waals surface area contributed by atoms with E-state index >= 15 is 0 Å². The molecule has 0 saturated carbocycles. The summed E-state index contributed by atoms with van der Waals surface area (Å²) in [6, 6.07) is 16.1. The van der Waals surface area contributed by atoms with E-state index in [1.165, 1.54) is 11.1 Å². The van der Waals surface area contributed by atoms with Gasteiger partial charge in [0, 0.05) is 60.6 Å². The molecule has 1 aliphatic heterocycles. The third-order valence-electron chi connectivity index (χ3n) is 5.41. The fourth-order valence-electron chi connectivity index (χ4n) is 3.73. The summed E-state index contributed by atoms with van der Waals surface area (Å²) in [5.74, 6) is 0.718. The molecule has 1 N–H and O–H groups in total. The molecular formula is C23H25Cl2N5S. The number of benzene rings is 2. The molecule has 8 heteroatoms. The van der Waals surface area contributed by atoms with Crippen LogP contribution in [0.4, 0.5) is 5.82 Å². The second-order valence-electron chi connectivity index (χ2n) is 7.78. The van der Waals surface area contributed by atoms with Crippen LogP contribution >= 0.6 is 35.4 Å². The van der Waals surface area contributed by atoms with Crippen LogP contribution in [0.5, 0.6) is 0 Å². The van der Waals surface area contributed by atoms with Crippen LogP contribution in [0.25, 0.3) is 0 Å². The third kappa shape index (κ3) is 5.77. The van der Waals surface area contributed by atoms with Gasteiger partial charge >= 0.3 is 0 Å². The molecule has 1 fully saturated rings. The molecule has 0 unspecified atom stereocenters. The summed E-state index contributed by atoms with van der Waals surface area (Å²) in [5, 5.41) is 9.80. The van der Waals surface area contributed by atoms with Gasteiger partial charge in [-0.3, -0.25) is 9.58 Å². The van der Waals surface area contributed by atoms with E-state index in [4.69, 9.17) is 35.4 Å². The standard InChI is InChI=1S/C23H25Cl2N5S/c1-17-4-2-5-18(14-17)15-28-10-12-29(13-11-28)23(31)26-22-8-9-30(27-22)16-19-20(24)6-3-7-21(19)25/h2-9,14H,10-13,15-16H2,1H3,(H,26,27,31). The summed E-state index contributed by atoms with van der Waals surface area (Å²) < 4.78 is 1.80. The highest BCUT2D eigenvalue weighted by Crippen LogP contribution is 2.25. The van der Waals surface area contributed by atoms with Crippen molar-refractivity contribution in [1.82, 2.24) is 19.6 Å². The summed E-state index contributed by atoms with van der Waals surface area (Å²) >= 11 is 18.2. The number of aromatic nitrogens is 2. The van der Waals surface area contributed by atoms with E-state index in [2.05, 4.69) is 51.4 Å². The minimum absolute atomic E-state index is 0.505. The Labute approximate surface area is 198 Å². The van der Waals surface area contributed by atoms with Crippen LogP contribution in [-0.2, 0) is 13.1 Å². The second-order valence-corrected chi connectivity index (χ2v) is 8.98. The molecule has 31 heavy (non-hydrogen) atoms. The maximum absolute atomic E-state index is 6.27. The Kier molecular flexibility index (Phi) is 7.13. The van der Waals surface area contributed by atoms with Crippen molar-refractivity contribution < 1.29 is 0 Å². The SMILES string of the molecule is Cc1cccc(CN2CCN(C(=S)Nc3ccn(Cc4c(Cl)cccc4Cl)n3)CC2)c1. The van der Waals surface area contributed by atoms with Crippen molar-refractivity contribution in [3.05, 3.63) is 81.5 Å². The molecule has 3 aromatic rings. The Morgan fingerprint density at radius 2 is 1.71 bits per heavy atom. The zero-order valence-corrected chi connectivity index (χ0v) is 19.7. The van der Waals surface area contributed by atoms with Crippen LogP contribution in [0, 0.1) is 6.92 Å². The highest BCUT2D eigenvalue weighted by Gasteiger charge is 2.19. The van der Waals surface area contributed by atoms with Crippen molar-refractivity contribution in [2.24, 2.45) is 0 Å². The van der Waals surface area contributed by atoms with E-state index in [-0.39, 0.29) is 0 Å². The summed E-state index contributed by atoms with van der Waals surface area (Å²) in [6.07, 6.45) is 1.89. The quantitative estimate of drug-likeness (QED) is 0.523. The molecule has 0 atom stereocenters. The Hall–Kier alpha value is -2.12. The molecule has 0 radical (unpaired) electrons. The maximum atomic E-state index is 6.27. The van der Waals surface area contributed by atoms with Gasteiger partial charge in [0.05, 0.1) is 6.54 Å². The minimum Gasteiger partial charge on any atom is -0.346 e. The van der Waals surface area contributed by atoms with Gasteiger partial charge in [-0.25, -0.2) is 0 Å². The number of anilines is 1. The summed E-state index contributed by atoms with van der Waals surface area (Å²) in [4.78, 5) is 4.67. The molecule has 0 amide bonds. The lowest BCUT2D eigenvalue weighted by Crippen LogP contribution is -2.49. The Bertz CT molecular complexity index is 1040. The van der Waals surface area contributed by atoms with Crippen molar-refractivity contribution in [1.29, 1.82) is 0 Å². The Morgan fingerprint density at radius 3 is 2.42 bits per heavy atom. The number of rotatable bonds is 5. The van der Waals surface area contributed by atoms with Gasteiger partial charge in [-0.1, -0.05) is 59.1 Å². The van der Waals surface area contributed by atoms with Gasteiger partial charge in [0.2, 0.25) is 0 Å². The van der Waals surface area contributed by atoms with Crippen LogP contribution in [0.15, 0.2) is 54.7 Å². The summed E-state index contributed by atoms with van der Waals surface area (Å²) in [7, 11) is 0. The van der Waals surface area contributed by atoms with Crippen molar-refractivity contribution >= 4 is 46.4 Å². The number of halogens is 2. The van der Waals surface area contributed by atoms with Gasteiger partial charge < -0.3 is 10.2 Å². The van der Waals surface area contributed by atoms with E-state index in [0.29, 0.717) is 21.7 Å². The second kappa shape index (κ2) is 10.0. The monoisotopic (exact) mass is 473 g/mol. The van der Waals surface area contributed by atoms with Gasteiger partial charge in [0.1, 0.15) is 0 Å². The average molecular weight is 474 g/mol. The van der Waals surface area contributed by atoms with Gasteiger partial charge in [-0.15, -0.1) is 0 Å². The predicted molar refractivity (Wildman–Crippen MR) is 132 cm³/mol. The van der Waals surface area contributed by atoms with Crippen LogP contribution < -0.4 is 5.32 Å². The lowest BCUT2D eigenvalue weighted by atomic mass is 10.1. The fourth-order valence-corrected chi connectivity index (χ4v) is 4.53. The summed E-state index contributed by atoms with van der Waals surface area (Å²) in [6.45, 7) is 7.37. The largest absolute Gasteiger partial charge is 0.346 e. The molecule has 0 aliphatic carbocycles. The van der Waals surface area contributed by atoms with E-state index < -0.39 is 0 Å². The van der Waals surface area contributed by atoms with Gasteiger partial charge in [-0.2, -0.15) is 5.10 Å². The van der Waals surface area contributed by atoms with Crippen LogP contribution in [0.2, 0.25) is 10.0 Å². The number of nitrogens with zero attached hydrogens (tertiary/aromatic N) is 4. The molecule has 1 saturated heterocycles. The van der Waals surface area contributed by atoms with Crippen LogP contribution in [0.3, 0.4) is 0 Å². The zero-order chi connectivity index (χ0) is 21.8. The molecule has 2 heterocycles. The molecule has 162 valence electrons. The van der Waals surface area contributed by atoms with Crippen LogP contribution in [-0.4, -0.2) is 50.9 Å². The molecule has 1 aromatic heterocycles. The van der Waals surface area contributed by atoms with Crippen molar-refractivity contribution in [2.45, 2.75) is 20.0 Å². The lowest BCUT2D eigenvalue weighted by molar-refractivity contribution is 0.177. The number of thiocarbonyl (C=S) groups is 1. The Morgan fingerprint density at radius 1 is 1.00 bits per heavy atom. The molecule has 0 bridgehead atoms. The van der Waals surface area contributed by atoms with Crippen molar-refractivity contribution in [2.75, 3.05) is 31.5 Å². The van der Waals surface area contributed by atoms with Gasteiger partial charge in [0.25, 0.3) is 0 Å². The first-order chi connectivity index (χ1) is 15.0. The Balaban J connectivity index is 1.28. The molecular weight excluding hydrogens is 449 g/mol. The minimum atomic E-state index is 0.505. The van der Waals surface area contributed by atoms with Crippen LogP contribution in [0.1, 0.15) is 16.7 Å². The van der Waals surface area contributed by atoms with Gasteiger partial charge in [0.15, 0.2) is 10.9 Å². The molecule has 5 nitrogen and oxygen atoms in total. The molecule has 0 spiro atoms. The number of nitrogens with one attached hydrogen (secondary N) is 1. The number of aryl methyl sites for hydroxylation is 1. The van der Waals surface area contributed by atoms with Crippen molar-refractivity contribution in [3.63, 3.8) is 0 Å². The first kappa shape index (κ1) is 22.1. The van der Waals surface area contributed by atoms with E-state index in [0.717, 1.165) is 44.1 Å². The highest BCUT2D eigenvalue weighted by atomic mass is 35.5. The maximum Gasteiger partial charge on any atom is 0.174 e. The molecule has 4 rings (SSSR count). The third-order valence-corrected chi connectivity index (χ3v) is 6.47. The normalized spacial score (nSPS) is 14.6. The molecule has 2 aromatic carbocycles. The highest BCUT2D eigenvalue weighted by molar-refractivity contribution is 7.80. The molecule has 1 aliphatic rings. The van der Waals surface area contributed by atoms with Gasteiger partial charge in [-0.05, 0) is 36.8 Å². The number of piperazine rings is 1. The first-order valence-electron chi connectivity index (χ1n) is 10.3. The number of hydrogen-bond acceptors (Lipinski definition) is 3. The lowest BCUT2D eigenvalue weighted by Gasteiger charge is -2.36. The predicted octanol–water partition coefficient (Wildman–Crippen LogP) is 5.06. The first-order valence-corrected chi connectivity index (χ1v) is 11.4. The summed E-state index contributed by atoms with van der Waals surface area (Å²) in [5.41, 5.74) is 3.52. The smallest absolute Gasteiger partial charge is 0.174 e. The topological polar surface area (TPSA) is 36.3 Å². The zero-order valence-electron chi connectivity index (χ0n) is 17.4. The van der Waals surface area contributed by atoms with Crippen molar-refractivity contribution in [3.8, 4) is 0 Å². The van der Waals surface area contributed by atoms with E-state index in [1.807, 2.05) is 30.5 Å². The number of hydrogen-bond donors (Lipinski definition) is 1. The average Bonchev–Trinajstić information content (AvgIpc) is 3.18. The van der Waals surface area contributed by atoms with E-state index in [9.17, 15) is 0 Å².